The van der Waals surface area contributed by atoms with Gasteiger partial charge in [-0.05, 0) is 43.6 Å². The zero-order valence-electron chi connectivity index (χ0n) is 12.8. The average Bonchev–Trinajstić information content (AvgIpc) is 2.87. The predicted molar refractivity (Wildman–Crippen MR) is 81.0 cm³/mol. The zero-order chi connectivity index (χ0) is 14.4. The quantitative estimate of drug-likeness (QED) is 0.826. The van der Waals surface area contributed by atoms with E-state index in [1.165, 1.54) is 17.5 Å². The summed E-state index contributed by atoms with van der Waals surface area (Å²) in [5.74, 6) is 1.66. The van der Waals surface area contributed by atoms with Crippen molar-refractivity contribution in [2.24, 2.45) is 5.92 Å². The van der Waals surface area contributed by atoms with Gasteiger partial charge in [-0.3, -0.25) is 4.90 Å². The summed E-state index contributed by atoms with van der Waals surface area (Å²) in [7, 11) is 5.50. The molecule has 1 fully saturated rings. The molecule has 1 N–H and O–H groups in total. The number of benzene rings is 1. The van der Waals surface area contributed by atoms with Gasteiger partial charge in [-0.1, -0.05) is 6.07 Å². The third kappa shape index (κ3) is 3.95. The maximum Gasteiger partial charge on any atom is 0.123 e. The van der Waals surface area contributed by atoms with Crippen LogP contribution in [0.4, 0.5) is 0 Å². The minimum atomic E-state index is 0.673. The second kappa shape index (κ2) is 7.62. The molecule has 0 aliphatic carbocycles. The Bertz CT molecular complexity index is 423. The molecule has 1 aliphatic rings. The fourth-order valence-electron chi connectivity index (χ4n) is 2.94. The summed E-state index contributed by atoms with van der Waals surface area (Å²) in [6.07, 6.45) is 1.23. The monoisotopic (exact) mass is 278 g/mol. The second-order valence-corrected chi connectivity index (χ2v) is 5.52. The van der Waals surface area contributed by atoms with Crippen LogP contribution in [0, 0.1) is 5.92 Å². The van der Waals surface area contributed by atoms with Crippen molar-refractivity contribution in [2.75, 3.05) is 41.0 Å². The fourth-order valence-corrected chi connectivity index (χ4v) is 2.94. The van der Waals surface area contributed by atoms with Gasteiger partial charge < -0.3 is 14.8 Å². The Morgan fingerprint density at radius 3 is 2.90 bits per heavy atom. The SMILES string of the molecule is CNCc1ccc(OC)c(CN2CCC(COC)C2)c1. The van der Waals surface area contributed by atoms with Gasteiger partial charge in [0.25, 0.3) is 0 Å². The van der Waals surface area contributed by atoms with E-state index >= 15 is 0 Å². The van der Waals surface area contributed by atoms with Gasteiger partial charge >= 0.3 is 0 Å². The first-order valence-electron chi connectivity index (χ1n) is 7.28. The number of hydrogen-bond donors (Lipinski definition) is 1. The summed E-state index contributed by atoms with van der Waals surface area (Å²) in [6, 6.07) is 6.44. The summed E-state index contributed by atoms with van der Waals surface area (Å²) in [6.45, 7) is 4.98. The molecule has 1 saturated heterocycles. The van der Waals surface area contributed by atoms with E-state index in [1.807, 2.05) is 7.05 Å². The van der Waals surface area contributed by atoms with Crippen molar-refractivity contribution in [1.29, 1.82) is 0 Å². The topological polar surface area (TPSA) is 33.7 Å². The van der Waals surface area contributed by atoms with E-state index in [9.17, 15) is 0 Å². The number of nitrogens with zero attached hydrogens (tertiary/aromatic N) is 1. The Morgan fingerprint density at radius 2 is 2.20 bits per heavy atom. The maximum atomic E-state index is 5.49. The molecule has 0 amide bonds. The number of ether oxygens (including phenoxy) is 2. The molecule has 0 bridgehead atoms. The molecule has 0 radical (unpaired) electrons. The molecule has 0 spiro atoms. The lowest BCUT2D eigenvalue weighted by atomic mass is 10.1. The van der Waals surface area contributed by atoms with Crippen molar-refractivity contribution in [3.63, 3.8) is 0 Å². The van der Waals surface area contributed by atoms with E-state index < -0.39 is 0 Å². The van der Waals surface area contributed by atoms with Gasteiger partial charge in [0, 0.05) is 32.3 Å². The van der Waals surface area contributed by atoms with Crippen LogP contribution in [0.15, 0.2) is 18.2 Å². The van der Waals surface area contributed by atoms with Gasteiger partial charge in [0.2, 0.25) is 0 Å². The molecule has 20 heavy (non-hydrogen) atoms. The maximum absolute atomic E-state index is 5.49. The van der Waals surface area contributed by atoms with Crippen molar-refractivity contribution >= 4 is 0 Å². The van der Waals surface area contributed by atoms with Gasteiger partial charge in [-0.25, -0.2) is 0 Å². The van der Waals surface area contributed by atoms with E-state index in [0.29, 0.717) is 5.92 Å². The van der Waals surface area contributed by atoms with Crippen molar-refractivity contribution in [3.05, 3.63) is 29.3 Å². The zero-order valence-corrected chi connectivity index (χ0v) is 12.8. The molecule has 1 atom stereocenters. The molecule has 0 saturated carbocycles. The molecule has 4 heteroatoms. The molecule has 1 aromatic rings. The standard InChI is InChI=1S/C16H26N2O2/c1-17-9-13-4-5-16(20-3)15(8-13)11-18-7-6-14(10-18)12-19-2/h4-5,8,14,17H,6-7,9-12H2,1-3H3. The number of likely N-dealkylation sites (tertiary alicyclic amines) is 1. The number of nitrogens with one attached hydrogen (secondary N) is 1. The summed E-state index contributed by atoms with van der Waals surface area (Å²) in [4.78, 5) is 2.49. The molecule has 2 rings (SSSR count). The minimum Gasteiger partial charge on any atom is -0.496 e. The van der Waals surface area contributed by atoms with E-state index in [-0.39, 0.29) is 0 Å². The van der Waals surface area contributed by atoms with Crippen LogP contribution >= 0.6 is 0 Å². The first kappa shape index (κ1) is 15.3. The lowest BCUT2D eigenvalue weighted by Gasteiger charge is -2.18. The van der Waals surface area contributed by atoms with Crippen LogP contribution in [-0.2, 0) is 17.8 Å². The summed E-state index contributed by atoms with van der Waals surface area (Å²) >= 11 is 0. The van der Waals surface area contributed by atoms with Gasteiger partial charge in [-0.15, -0.1) is 0 Å². The molecule has 1 unspecified atom stereocenters. The van der Waals surface area contributed by atoms with Crippen molar-refractivity contribution in [3.8, 4) is 5.75 Å². The Labute approximate surface area is 122 Å². The molecular weight excluding hydrogens is 252 g/mol. The van der Waals surface area contributed by atoms with Gasteiger partial charge in [0.1, 0.15) is 5.75 Å². The molecule has 4 nitrogen and oxygen atoms in total. The average molecular weight is 278 g/mol. The van der Waals surface area contributed by atoms with Gasteiger partial charge in [0.05, 0.1) is 13.7 Å². The Kier molecular flexibility index (Phi) is 5.83. The van der Waals surface area contributed by atoms with Crippen LogP contribution in [0.3, 0.4) is 0 Å². The smallest absolute Gasteiger partial charge is 0.123 e. The number of methoxy groups -OCH3 is 2. The predicted octanol–water partition coefficient (Wildman–Crippen LogP) is 1.88. The highest BCUT2D eigenvalue weighted by molar-refractivity contribution is 5.37. The number of rotatable bonds is 7. The van der Waals surface area contributed by atoms with E-state index in [1.54, 1.807) is 14.2 Å². The Morgan fingerprint density at radius 1 is 1.35 bits per heavy atom. The van der Waals surface area contributed by atoms with Crippen LogP contribution in [0.1, 0.15) is 17.5 Å². The van der Waals surface area contributed by atoms with Crippen LogP contribution in [-0.4, -0.2) is 45.9 Å². The fraction of sp³-hybridized carbons (Fsp3) is 0.625. The highest BCUT2D eigenvalue weighted by Crippen LogP contribution is 2.25. The minimum absolute atomic E-state index is 0.673. The lowest BCUT2D eigenvalue weighted by Crippen LogP contribution is -2.21. The van der Waals surface area contributed by atoms with Crippen molar-refractivity contribution in [1.82, 2.24) is 10.2 Å². The molecule has 112 valence electrons. The van der Waals surface area contributed by atoms with Gasteiger partial charge in [-0.2, -0.15) is 0 Å². The van der Waals surface area contributed by atoms with Crippen LogP contribution in [0.25, 0.3) is 0 Å². The molecule has 1 aliphatic heterocycles. The first-order chi connectivity index (χ1) is 9.76. The molecule has 0 aromatic heterocycles. The summed E-state index contributed by atoms with van der Waals surface area (Å²) in [5, 5.41) is 3.20. The highest BCUT2D eigenvalue weighted by Gasteiger charge is 2.23. The van der Waals surface area contributed by atoms with Crippen LogP contribution < -0.4 is 10.1 Å². The molecule has 1 heterocycles. The molecule has 1 aromatic carbocycles. The highest BCUT2D eigenvalue weighted by atomic mass is 16.5. The molecular formula is C16H26N2O2. The first-order valence-corrected chi connectivity index (χ1v) is 7.28. The summed E-state index contributed by atoms with van der Waals surface area (Å²) < 4.78 is 10.8. The van der Waals surface area contributed by atoms with E-state index in [0.717, 1.165) is 38.5 Å². The van der Waals surface area contributed by atoms with E-state index in [2.05, 4.69) is 28.4 Å². The van der Waals surface area contributed by atoms with Crippen LogP contribution in [0.2, 0.25) is 0 Å². The van der Waals surface area contributed by atoms with E-state index in [4.69, 9.17) is 9.47 Å². The Hall–Kier alpha value is -1.10. The second-order valence-electron chi connectivity index (χ2n) is 5.52. The van der Waals surface area contributed by atoms with Gasteiger partial charge in [0.15, 0.2) is 0 Å². The third-order valence-corrected chi connectivity index (χ3v) is 3.89. The third-order valence-electron chi connectivity index (χ3n) is 3.89. The van der Waals surface area contributed by atoms with Crippen LogP contribution in [0.5, 0.6) is 5.75 Å². The normalized spacial score (nSPS) is 19.4. The lowest BCUT2D eigenvalue weighted by molar-refractivity contribution is 0.152. The number of hydrogen-bond acceptors (Lipinski definition) is 4. The van der Waals surface area contributed by atoms with Crippen molar-refractivity contribution in [2.45, 2.75) is 19.5 Å². The largest absolute Gasteiger partial charge is 0.496 e. The van der Waals surface area contributed by atoms with Crippen molar-refractivity contribution < 1.29 is 9.47 Å². The summed E-state index contributed by atoms with van der Waals surface area (Å²) in [5.41, 5.74) is 2.58. The Balaban J connectivity index is 2.02.